The maximum atomic E-state index is 12.4. The van der Waals surface area contributed by atoms with E-state index in [1.54, 1.807) is 7.11 Å². The highest BCUT2D eigenvalue weighted by molar-refractivity contribution is 5.86. The van der Waals surface area contributed by atoms with Crippen LogP contribution in [0.2, 0.25) is 0 Å². The Kier molecular flexibility index (Phi) is 3.87. The van der Waals surface area contributed by atoms with Crippen LogP contribution in [0.1, 0.15) is 19.8 Å². The van der Waals surface area contributed by atoms with Gasteiger partial charge in [0.05, 0.1) is 12.0 Å². The Bertz CT molecular complexity index is 347. The van der Waals surface area contributed by atoms with E-state index in [9.17, 15) is 14.7 Å². The Morgan fingerprint density at radius 3 is 2.67 bits per heavy atom. The predicted octanol–water partition coefficient (Wildman–Crippen LogP) is -0.315. The first-order valence-electron chi connectivity index (χ1n) is 6.34. The van der Waals surface area contributed by atoms with Gasteiger partial charge in [-0.1, -0.05) is 0 Å². The second-order valence-electron chi connectivity index (χ2n) is 5.08. The molecule has 2 aliphatic rings. The number of nitrogens with one attached hydrogen (secondary N) is 1. The zero-order valence-electron chi connectivity index (χ0n) is 10.8. The van der Waals surface area contributed by atoms with Gasteiger partial charge in [-0.25, -0.2) is 4.79 Å². The molecule has 6 nitrogen and oxygen atoms in total. The van der Waals surface area contributed by atoms with Gasteiger partial charge in [-0.15, -0.1) is 0 Å². The van der Waals surface area contributed by atoms with Gasteiger partial charge >= 0.3 is 5.97 Å². The van der Waals surface area contributed by atoms with Crippen molar-refractivity contribution >= 4 is 11.9 Å². The number of ether oxygens (including phenoxy) is 1. The summed E-state index contributed by atoms with van der Waals surface area (Å²) in [5.41, 5.74) is 0. The monoisotopic (exact) mass is 256 g/mol. The topological polar surface area (TPSA) is 78.9 Å². The van der Waals surface area contributed by atoms with E-state index < -0.39 is 12.0 Å². The fraction of sp³-hybridized carbons (Fsp3) is 0.833. The van der Waals surface area contributed by atoms with Crippen LogP contribution in [0, 0.1) is 5.92 Å². The molecule has 0 saturated carbocycles. The maximum Gasteiger partial charge on any atom is 0.326 e. The fourth-order valence-corrected chi connectivity index (χ4v) is 2.85. The molecule has 1 amide bonds. The molecule has 0 spiro atoms. The molecule has 0 radical (unpaired) electrons. The second-order valence-corrected chi connectivity index (χ2v) is 5.08. The lowest BCUT2D eigenvalue weighted by Gasteiger charge is -2.26. The van der Waals surface area contributed by atoms with Crippen molar-refractivity contribution in [1.29, 1.82) is 0 Å². The molecule has 2 heterocycles. The summed E-state index contributed by atoms with van der Waals surface area (Å²) < 4.78 is 5.19. The molecule has 4 unspecified atom stereocenters. The van der Waals surface area contributed by atoms with Crippen LogP contribution >= 0.6 is 0 Å². The second kappa shape index (κ2) is 5.24. The minimum absolute atomic E-state index is 0.0561. The maximum absolute atomic E-state index is 12.4. The highest BCUT2D eigenvalue weighted by Crippen LogP contribution is 2.26. The van der Waals surface area contributed by atoms with Gasteiger partial charge in [-0.2, -0.15) is 0 Å². The Morgan fingerprint density at radius 2 is 2.17 bits per heavy atom. The van der Waals surface area contributed by atoms with Gasteiger partial charge in [0, 0.05) is 26.1 Å². The Labute approximate surface area is 106 Å². The number of hydrogen-bond acceptors (Lipinski definition) is 4. The smallest absolute Gasteiger partial charge is 0.326 e. The van der Waals surface area contributed by atoms with E-state index in [2.05, 4.69) is 5.32 Å². The van der Waals surface area contributed by atoms with E-state index in [1.165, 1.54) is 4.90 Å². The number of rotatable bonds is 3. The van der Waals surface area contributed by atoms with Crippen LogP contribution in [0.4, 0.5) is 0 Å². The summed E-state index contributed by atoms with van der Waals surface area (Å²) in [4.78, 5) is 25.1. The van der Waals surface area contributed by atoms with Gasteiger partial charge in [-0.05, 0) is 19.9 Å². The van der Waals surface area contributed by atoms with Crippen LogP contribution in [-0.2, 0) is 14.3 Å². The number of nitrogens with zero attached hydrogens (tertiary/aromatic N) is 1. The van der Waals surface area contributed by atoms with Crippen molar-refractivity contribution < 1.29 is 19.4 Å². The summed E-state index contributed by atoms with van der Waals surface area (Å²) in [6, 6.07) is -0.621. The van der Waals surface area contributed by atoms with Gasteiger partial charge in [0.25, 0.3) is 0 Å². The number of carbonyl (C=O) groups is 2. The van der Waals surface area contributed by atoms with Crippen molar-refractivity contribution in [1.82, 2.24) is 10.2 Å². The molecule has 4 atom stereocenters. The molecular weight excluding hydrogens is 236 g/mol. The molecule has 0 aromatic rings. The minimum Gasteiger partial charge on any atom is -0.480 e. The fourth-order valence-electron chi connectivity index (χ4n) is 2.85. The minimum atomic E-state index is -0.943. The molecule has 0 bridgehead atoms. The molecular formula is C12H20N2O4. The zero-order chi connectivity index (χ0) is 13.3. The molecule has 0 aromatic heterocycles. The molecule has 0 aromatic carbocycles. The summed E-state index contributed by atoms with van der Waals surface area (Å²) in [5.74, 6) is -1.11. The molecule has 2 saturated heterocycles. The number of likely N-dealkylation sites (tertiary alicyclic amines) is 1. The molecule has 6 heteroatoms. The third-order valence-corrected chi connectivity index (χ3v) is 4.01. The van der Waals surface area contributed by atoms with Gasteiger partial charge < -0.3 is 20.1 Å². The third-order valence-electron chi connectivity index (χ3n) is 4.01. The molecule has 0 aliphatic carbocycles. The van der Waals surface area contributed by atoms with Gasteiger partial charge in [-0.3, -0.25) is 4.79 Å². The molecule has 2 N–H and O–H groups in total. The van der Waals surface area contributed by atoms with Crippen molar-refractivity contribution in [2.45, 2.75) is 38.0 Å². The highest BCUT2D eigenvalue weighted by atomic mass is 16.5. The van der Waals surface area contributed by atoms with Gasteiger partial charge in [0.2, 0.25) is 5.91 Å². The lowest BCUT2D eigenvalue weighted by atomic mass is 10.00. The van der Waals surface area contributed by atoms with Crippen molar-refractivity contribution in [3.63, 3.8) is 0 Å². The largest absolute Gasteiger partial charge is 0.480 e. The summed E-state index contributed by atoms with van der Waals surface area (Å²) in [6.07, 6.45) is 0.992. The number of carboxylic acid groups (broad SMARTS) is 1. The first-order chi connectivity index (χ1) is 8.54. The molecule has 2 aliphatic heterocycles. The average molecular weight is 256 g/mol. The van der Waals surface area contributed by atoms with Crippen LogP contribution < -0.4 is 5.32 Å². The quantitative estimate of drug-likeness (QED) is 0.724. The van der Waals surface area contributed by atoms with Crippen LogP contribution in [-0.4, -0.2) is 60.3 Å². The molecule has 2 fully saturated rings. The summed E-state index contributed by atoms with van der Waals surface area (Å²) in [5, 5.41) is 12.4. The number of hydrogen-bond donors (Lipinski definition) is 2. The van der Waals surface area contributed by atoms with Crippen LogP contribution in [0.3, 0.4) is 0 Å². The van der Waals surface area contributed by atoms with Gasteiger partial charge in [0.1, 0.15) is 6.04 Å². The van der Waals surface area contributed by atoms with E-state index >= 15 is 0 Å². The van der Waals surface area contributed by atoms with Crippen LogP contribution in [0.5, 0.6) is 0 Å². The third kappa shape index (κ3) is 2.35. The van der Waals surface area contributed by atoms with Crippen molar-refractivity contribution in [2.75, 3.05) is 20.2 Å². The van der Waals surface area contributed by atoms with Crippen LogP contribution in [0.15, 0.2) is 0 Å². The zero-order valence-corrected chi connectivity index (χ0v) is 10.8. The molecule has 18 heavy (non-hydrogen) atoms. The first-order valence-corrected chi connectivity index (χ1v) is 6.34. The number of amides is 1. The Hall–Kier alpha value is -1.14. The van der Waals surface area contributed by atoms with Crippen molar-refractivity contribution in [2.24, 2.45) is 5.92 Å². The Balaban J connectivity index is 2.10. The first kappa shape index (κ1) is 13.3. The summed E-state index contributed by atoms with van der Waals surface area (Å²) >= 11 is 0. The lowest BCUT2D eigenvalue weighted by Crippen LogP contribution is -2.46. The molecule has 2 rings (SSSR count). The van der Waals surface area contributed by atoms with Crippen molar-refractivity contribution in [3.8, 4) is 0 Å². The van der Waals surface area contributed by atoms with E-state index in [-0.39, 0.29) is 24.0 Å². The lowest BCUT2D eigenvalue weighted by molar-refractivity contribution is -0.150. The van der Waals surface area contributed by atoms with Crippen molar-refractivity contribution in [3.05, 3.63) is 0 Å². The van der Waals surface area contributed by atoms with E-state index in [1.807, 2.05) is 6.92 Å². The van der Waals surface area contributed by atoms with E-state index in [0.29, 0.717) is 13.0 Å². The van der Waals surface area contributed by atoms with Crippen LogP contribution in [0.25, 0.3) is 0 Å². The summed E-state index contributed by atoms with van der Waals surface area (Å²) in [6.45, 7) is 3.17. The predicted molar refractivity (Wildman–Crippen MR) is 64.1 cm³/mol. The standard InChI is InChI=1S/C12H20N2O4/c1-7-9(3-4-13-7)11(15)14-6-8(18-2)5-10(14)12(16)17/h7-10,13H,3-6H2,1-2H3,(H,16,17). The SMILES string of the molecule is COC1CC(C(=O)O)N(C(=O)C2CCNC2C)C1. The van der Waals surface area contributed by atoms with Gasteiger partial charge in [0.15, 0.2) is 0 Å². The number of aliphatic carboxylic acids is 1. The number of carboxylic acids is 1. The normalized spacial score (nSPS) is 36.0. The number of methoxy groups -OCH3 is 1. The van der Waals surface area contributed by atoms with E-state index in [0.717, 1.165) is 13.0 Å². The molecule has 102 valence electrons. The van der Waals surface area contributed by atoms with E-state index in [4.69, 9.17) is 4.74 Å². The average Bonchev–Trinajstić information content (AvgIpc) is 2.93. The Morgan fingerprint density at radius 1 is 1.44 bits per heavy atom. The summed E-state index contributed by atoms with van der Waals surface area (Å²) in [7, 11) is 1.55. The number of carbonyl (C=O) groups excluding carboxylic acids is 1. The highest BCUT2D eigenvalue weighted by Gasteiger charge is 2.43.